The number of hydrogen-bond acceptors (Lipinski definition) is 3. The van der Waals surface area contributed by atoms with Gasteiger partial charge in [-0.1, -0.05) is 31.5 Å². The van der Waals surface area contributed by atoms with Crippen LogP contribution >= 0.6 is 11.6 Å². The maximum absolute atomic E-state index is 9.19. The molecule has 0 amide bonds. The Labute approximate surface area is 107 Å². The molecule has 1 aromatic carbocycles. The minimum Gasteiger partial charge on any atom is -0.395 e. The van der Waals surface area contributed by atoms with Crippen LogP contribution in [0.3, 0.4) is 0 Å². The van der Waals surface area contributed by atoms with Crippen LogP contribution in [0.25, 0.3) is 0 Å². The molecule has 0 unspecified atom stereocenters. The number of halogens is 1. The first-order chi connectivity index (χ1) is 8.08. The number of nitrogens with zero attached hydrogens (tertiary/aromatic N) is 1. The topological polar surface area (TPSA) is 56.0 Å². The molecule has 1 atom stereocenters. The third-order valence-corrected chi connectivity index (χ3v) is 3.09. The molecular weight excluding hydrogens is 236 g/mol. The summed E-state index contributed by atoms with van der Waals surface area (Å²) in [4.78, 5) is 0. The molecule has 0 aliphatic rings. The number of hydrogen-bond donors (Lipinski definition) is 2. The smallest absolute Gasteiger partial charge is 0.0992 e. The van der Waals surface area contributed by atoms with Gasteiger partial charge in [0.2, 0.25) is 0 Å². The molecule has 0 spiro atoms. The molecule has 3 nitrogen and oxygen atoms in total. The predicted octanol–water partition coefficient (Wildman–Crippen LogP) is 2.32. The van der Waals surface area contributed by atoms with Crippen LogP contribution in [0, 0.1) is 17.2 Å². The van der Waals surface area contributed by atoms with E-state index >= 15 is 0 Å². The summed E-state index contributed by atoms with van der Waals surface area (Å²) in [5.74, 6) is 0.358. The summed E-state index contributed by atoms with van der Waals surface area (Å²) in [6.45, 7) is 4.79. The summed E-state index contributed by atoms with van der Waals surface area (Å²) in [7, 11) is 0. The van der Waals surface area contributed by atoms with E-state index in [1.54, 1.807) is 12.1 Å². The van der Waals surface area contributed by atoms with Crippen molar-refractivity contribution in [1.82, 2.24) is 5.32 Å². The highest BCUT2D eigenvalue weighted by molar-refractivity contribution is 6.31. The van der Waals surface area contributed by atoms with Crippen molar-refractivity contribution in [3.63, 3.8) is 0 Å². The van der Waals surface area contributed by atoms with Gasteiger partial charge in [0.25, 0.3) is 0 Å². The molecule has 1 aromatic rings. The highest BCUT2D eigenvalue weighted by Gasteiger charge is 2.11. The van der Waals surface area contributed by atoms with E-state index in [-0.39, 0.29) is 12.6 Å². The molecule has 1 rings (SSSR count). The second kappa shape index (κ2) is 6.61. The van der Waals surface area contributed by atoms with Crippen LogP contribution in [0.1, 0.15) is 25.0 Å². The van der Waals surface area contributed by atoms with Gasteiger partial charge in [-0.15, -0.1) is 0 Å². The molecule has 0 aliphatic heterocycles. The van der Waals surface area contributed by atoms with E-state index in [4.69, 9.17) is 16.9 Å². The molecule has 0 bridgehead atoms. The van der Waals surface area contributed by atoms with E-state index in [9.17, 15) is 5.11 Å². The summed E-state index contributed by atoms with van der Waals surface area (Å²) < 4.78 is 0. The quantitative estimate of drug-likeness (QED) is 0.846. The third kappa shape index (κ3) is 4.01. The fraction of sp³-hybridized carbons (Fsp3) is 0.462. The van der Waals surface area contributed by atoms with E-state index in [0.717, 1.165) is 5.56 Å². The molecule has 0 aromatic heterocycles. The molecule has 2 N–H and O–H groups in total. The van der Waals surface area contributed by atoms with Gasteiger partial charge in [-0.3, -0.25) is 0 Å². The number of nitrogens with one attached hydrogen (secondary N) is 1. The van der Waals surface area contributed by atoms with Crippen LogP contribution in [0.5, 0.6) is 0 Å². The van der Waals surface area contributed by atoms with Gasteiger partial charge < -0.3 is 10.4 Å². The third-order valence-electron chi connectivity index (χ3n) is 2.74. The predicted molar refractivity (Wildman–Crippen MR) is 68.7 cm³/mol. The Morgan fingerprint density at radius 3 is 2.65 bits per heavy atom. The van der Waals surface area contributed by atoms with Crippen molar-refractivity contribution in [2.24, 2.45) is 5.92 Å². The first-order valence-electron chi connectivity index (χ1n) is 5.61. The lowest BCUT2D eigenvalue weighted by Crippen LogP contribution is -2.36. The average molecular weight is 253 g/mol. The van der Waals surface area contributed by atoms with Gasteiger partial charge >= 0.3 is 0 Å². The molecule has 0 radical (unpaired) electrons. The zero-order chi connectivity index (χ0) is 12.8. The fourth-order valence-corrected chi connectivity index (χ4v) is 1.76. The summed E-state index contributed by atoms with van der Waals surface area (Å²) in [6, 6.07) is 7.33. The van der Waals surface area contributed by atoms with Crippen LogP contribution in [0.15, 0.2) is 18.2 Å². The van der Waals surface area contributed by atoms with Gasteiger partial charge in [0.15, 0.2) is 0 Å². The van der Waals surface area contributed by atoms with Crippen LogP contribution in [0.4, 0.5) is 0 Å². The molecule has 0 fully saturated rings. The van der Waals surface area contributed by atoms with Crippen molar-refractivity contribution in [3.8, 4) is 6.07 Å². The molecule has 92 valence electrons. The Morgan fingerprint density at radius 1 is 1.47 bits per heavy atom. The summed E-state index contributed by atoms with van der Waals surface area (Å²) >= 11 is 6.06. The van der Waals surface area contributed by atoms with Crippen LogP contribution in [0.2, 0.25) is 5.02 Å². The van der Waals surface area contributed by atoms with Crippen molar-refractivity contribution in [3.05, 3.63) is 34.3 Å². The minimum absolute atomic E-state index is 0.0571. The number of aliphatic hydroxyl groups is 1. The maximum Gasteiger partial charge on any atom is 0.0992 e. The van der Waals surface area contributed by atoms with Crippen LogP contribution in [-0.2, 0) is 6.54 Å². The Morgan fingerprint density at radius 2 is 2.18 bits per heavy atom. The highest BCUT2D eigenvalue weighted by atomic mass is 35.5. The maximum atomic E-state index is 9.19. The first-order valence-corrected chi connectivity index (χ1v) is 5.99. The van der Waals surface area contributed by atoms with Gasteiger partial charge in [-0.25, -0.2) is 0 Å². The monoisotopic (exact) mass is 252 g/mol. The van der Waals surface area contributed by atoms with Crippen LogP contribution in [-0.4, -0.2) is 17.8 Å². The van der Waals surface area contributed by atoms with Crippen molar-refractivity contribution in [1.29, 1.82) is 5.26 Å². The Hall–Kier alpha value is -1.08. The van der Waals surface area contributed by atoms with Gasteiger partial charge in [0.05, 0.1) is 18.2 Å². The van der Waals surface area contributed by atoms with Gasteiger partial charge in [0.1, 0.15) is 0 Å². The lowest BCUT2D eigenvalue weighted by atomic mass is 10.0. The lowest BCUT2D eigenvalue weighted by Gasteiger charge is -2.20. The molecule has 0 aliphatic carbocycles. The average Bonchev–Trinajstić information content (AvgIpc) is 2.31. The number of nitriles is 1. The fourth-order valence-electron chi connectivity index (χ4n) is 1.51. The standard InChI is InChI=1S/C13H17ClN2O/c1-9(2)13(8-17)16-7-11-4-3-10(6-15)5-12(11)14/h3-5,9,13,16-17H,7-8H2,1-2H3/t13-/m1/s1. The first kappa shape index (κ1) is 14.0. The zero-order valence-corrected chi connectivity index (χ0v) is 10.8. The van der Waals surface area contributed by atoms with Crippen molar-refractivity contribution < 1.29 is 5.11 Å². The van der Waals surface area contributed by atoms with E-state index in [1.165, 1.54) is 0 Å². The molecule has 0 heterocycles. The molecule has 17 heavy (non-hydrogen) atoms. The van der Waals surface area contributed by atoms with E-state index < -0.39 is 0 Å². The number of rotatable bonds is 5. The summed E-state index contributed by atoms with van der Waals surface area (Å²) in [5.41, 5.74) is 1.49. The second-order valence-electron chi connectivity index (χ2n) is 4.33. The van der Waals surface area contributed by atoms with E-state index in [0.29, 0.717) is 23.0 Å². The molecular formula is C13H17ClN2O. The zero-order valence-electron chi connectivity index (χ0n) is 10.1. The van der Waals surface area contributed by atoms with Crippen molar-refractivity contribution in [2.75, 3.05) is 6.61 Å². The van der Waals surface area contributed by atoms with Gasteiger partial charge in [-0.05, 0) is 23.6 Å². The largest absolute Gasteiger partial charge is 0.395 e. The van der Waals surface area contributed by atoms with E-state index in [1.807, 2.05) is 26.0 Å². The normalized spacial score (nSPS) is 12.5. The molecule has 0 saturated carbocycles. The number of aliphatic hydroxyl groups excluding tert-OH is 1. The summed E-state index contributed by atoms with van der Waals surface area (Å²) in [6.07, 6.45) is 0. The van der Waals surface area contributed by atoms with Crippen LogP contribution < -0.4 is 5.32 Å². The molecule has 4 heteroatoms. The highest BCUT2D eigenvalue weighted by Crippen LogP contribution is 2.17. The van der Waals surface area contributed by atoms with Gasteiger partial charge in [-0.2, -0.15) is 5.26 Å². The van der Waals surface area contributed by atoms with E-state index in [2.05, 4.69) is 5.32 Å². The second-order valence-corrected chi connectivity index (χ2v) is 4.74. The van der Waals surface area contributed by atoms with Gasteiger partial charge in [0, 0.05) is 17.6 Å². The Balaban J connectivity index is 2.67. The Bertz CT molecular complexity index is 412. The summed E-state index contributed by atoms with van der Waals surface area (Å²) in [5, 5.41) is 21.7. The SMILES string of the molecule is CC(C)[C@@H](CO)NCc1ccc(C#N)cc1Cl. The van der Waals surface area contributed by atoms with Crippen molar-refractivity contribution >= 4 is 11.6 Å². The lowest BCUT2D eigenvalue weighted by molar-refractivity contribution is 0.210. The molecule has 0 saturated heterocycles. The Kier molecular flexibility index (Phi) is 5.43. The minimum atomic E-state index is 0.0571. The number of benzene rings is 1. The van der Waals surface area contributed by atoms with Crippen molar-refractivity contribution in [2.45, 2.75) is 26.4 Å².